The molecule has 0 saturated heterocycles. The molecule has 0 bridgehead atoms. The van der Waals surface area contributed by atoms with Gasteiger partial charge in [0.2, 0.25) is 0 Å². The smallest absolute Gasteiger partial charge is 0.380 e. The van der Waals surface area contributed by atoms with Crippen LogP contribution in [0.15, 0.2) is 12.7 Å². The fraction of sp³-hybridized carbons (Fsp3) is 0.571. The molecule has 0 aliphatic rings. The van der Waals surface area contributed by atoms with Gasteiger partial charge in [-0.3, -0.25) is 0 Å². The molecule has 0 saturated carbocycles. The molecule has 0 amide bonds. The fourth-order valence-electron chi connectivity index (χ4n) is 0.393. The van der Waals surface area contributed by atoms with Gasteiger partial charge < -0.3 is 4.74 Å². The number of carbonyl (C=O) groups is 1. The van der Waals surface area contributed by atoms with E-state index in [-0.39, 0.29) is 6.61 Å². The van der Waals surface area contributed by atoms with E-state index in [2.05, 4.69) is 11.3 Å². The predicted octanol–water partition coefficient (Wildman–Crippen LogP) is 1.71. The van der Waals surface area contributed by atoms with Crippen molar-refractivity contribution in [2.75, 3.05) is 6.61 Å². The molecular formula is C7H9F3O2. The van der Waals surface area contributed by atoms with Gasteiger partial charge in [0, 0.05) is 0 Å². The molecule has 1 unspecified atom stereocenters. The second kappa shape index (κ2) is 4.13. The number of esters is 1. The molecule has 2 nitrogen and oxygen atoms in total. The third-order valence-electron chi connectivity index (χ3n) is 1.10. The molecule has 0 aromatic carbocycles. The van der Waals surface area contributed by atoms with E-state index in [0.717, 1.165) is 6.08 Å². The highest BCUT2D eigenvalue weighted by molar-refractivity contribution is 5.78. The van der Waals surface area contributed by atoms with Gasteiger partial charge in [0.05, 0.1) is 0 Å². The maximum atomic E-state index is 12.4. The van der Waals surface area contributed by atoms with Crippen LogP contribution in [0.25, 0.3) is 0 Å². The minimum absolute atomic E-state index is 0.346. The summed E-state index contributed by atoms with van der Waals surface area (Å²) in [4.78, 5) is 10.4. The summed E-state index contributed by atoms with van der Waals surface area (Å²) in [6.07, 6.45) is -1.42. The highest BCUT2D eigenvalue weighted by Crippen LogP contribution is 2.22. The zero-order chi connectivity index (χ0) is 9.78. The molecule has 1 atom stereocenters. The Bertz CT molecular complexity index is 177. The highest BCUT2D eigenvalue weighted by atomic mass is 19.3. The van der Waals surface area contributed by atoms with Gasteiger partial charge in [-0.1, -0.05) is 12.7 Å². The van der Waals surface area contributed by atoms with E-state index in [1.807, 2.05) is 0 Å². The van der Waals surface area contributed by atoms with Crippen molar-refractivity contribution in [1.29, 1.82) is 0 Å². The first-order valence-electron chi connectivity index (χ1n) is 3.23. The molecule has 0 spiro atoms. The average molecular weight is 182 g/mol. The van der Waals surface area contributed by atoms with Crippen molar-refractivity contribution in [2.45, 2.75) is 19.0 Å². The first kappa shape index (κ1) is 11.0. The Balaban J connectivity index is 4.15. The molecule has 0 heterocycles. The summed E-state index contributed by atoms with van der Waals surface area (Å²) in [7, 11) is 0. The molecule has 12 heavy (non-hydrogen) atoms. The maximum absolute atomic E-state index is 12.4. The lowest BCUT2D eigenvalue weighted by Gasteiger charge is -2.14. The number of halogens is 3. The molecule has 0 N–H and O–H groups in total. The molecule has 0 aliphatic heterocycles. The van der Waals surface area contributed by atoms with Crippen molar-refractivity contribution < 1.29 is 22.7 Å². The minimum Gasteiger partial charge on any atom is -0.457 e. The monoisotopic (exact) mass is 182 g/mol. The van der Waals surface area contributed by atoms with Crippen LogP contribution in [0.3, 0.4) is 0 Å². The molecule has 70 valence electrons. The van der Waals surface area contributed by atoms with E-state index in [0.29, 0.717) is 6.92 Å². The second-order valence-electron chi connectivity index (χ2n) is 2.13. The molecule has 0 aromatic rings. The number of hydrogen-bond acceptors (Lipinski definition) is 2. The summed E-state index contributed by atoms with van der Waals surface area (Å²) in [6, 6.07) is 0. The van der Waals surface area contributed by atoms with Gasteiger partial charge in [0.1, 0.15) is 6.61 Å². The molecule has 0 aliphatic carbocycles. The molecule has 5 heteroatoms. The lowest BCUT2D eigenvalue weighted by atomic mass is 10.2. The van der Waals surface area contributed by atoms with Crippen molar-refractivity contribution >= 4 is 5.97 Å². The van der Waals surface area contributed by atoms with Gasteiger partial charge in [0.25, 0.3) is 0 Å². The van der Waals surface area contributed by atoms with E-state index in [1.54, 1.807) is 0 Å². The largest absolute Gasteiger partial charge is 0.457 e. The lowest BCUT2D eigenvalue weighted by molar-refractivity contribution is -0.179. The van der Waals surface area contributed by atoms with Crippen LogP contribution in [0.5, 0.6) is 0 Å². The van der Waals surface area contributed by atoms with Gasteiger partial charge >= 0.3 is 11.9 Å². The molecule has 0 radical (unpaired) electrons. The summed E-state index contributed by atoms with van der Waals surface area (Å²) in [5.41, 5.74) is 0. The van der Waals surface area contributed by atoms with Gasteiger partial charge in [-0.15, -0.1) is 0 Å². The second-order valence-corrected chi connectivity index (χ2v) is 2.13. The summed E-state index contributed by atoms with van der Waals surface area (Å²) in [5.74, 6) is -5.93. The van der Waals surface area contributed by atoms with Crippen LogP contribution in [-0.2, 0) is 9.53 Å². The Labute approximate surface area is 68.0 Å². The normalized spacial score (nSPS) is 13.7. The zero-order valence-electron chi connectivity index (χ0n) is 6.52. The van der Waals surface area contributed by atoms with Gasteiger partial charge in [-0.05, 0) is 6.92 Å². The Morgan fingerprint density at radius 3 is 2.58 bits per heavy atom. The van der Waals surface area contributed by atoms with E-state index in [4.69, 9.17) is 0 Å². The predicted molar refractivity (Wildman–Crippen MR) is 36.7 cm³/mol. The maximum Gasteiger partial charge on any atom is 0.380 e. The topological polar surface area (TPSA) is 26.3 Å². The molecule has 0 fully saturated rings. The number of carbonyl (C=O) groups excluding carboxylic acids is 1. The quantitative estimate of drug-likeness (QED) is 0.488. The first-order valence-corrected chi connectivity index (χ1v) is 3.23. The van der Waals surface area contributed by atoms with E-state index in [1.165, 1.54) is 0 Å². The summed E-state index contributed by atoms with van der Waals surface area (Å²) < 4.78 is 40.8. The van der Waals surface area contributed by atoms with Crippen molar-refractivity contribution in [3.8, 4) is 0 Å². The molecular weight excluding hydrogens is 173 g/mol. The number of alkyl halides is 3. The molecule has 0 rings (SSSR count). The highest BCUT2D eigenvalue weighted by Gasteiger charge is 2.47. The van der Waals surface area contributed by atoms with Gasteiger partial charge in [-0.2, -0.15) is 8.78 Å². The van der Waals surface area contributed by atoms with Crippen molar-refractivity contribution in [3.63, 3.8) is 0 Å². The first-order chi connectivity index (χ1) is 5.42. The zero-order valence-corrected chi connectivity index (χ0v) is 6.52. The molecule has 0 aromatic heterocycles. The van der Waals surface area contributed by atoms with Crippen LogP contribution in [0, 0.1) is 0 Å². The van der Waals surface area contributed by atoms with Crippen LogP contribution in [0.2, 0.25) is 0 Å². The minimum atomic E-state index is -4.07. The Morgan fingerprint density at radius 2 is 2.25 bits per heavy atom. The summed E-state index contributed by atoms with van der Waals surface area (Å²) >= 11 is 0. The Kier molecular flexibility index (Phi) is 3.79. The van der Waals surface area contributed by atoms with Crippen LogP contribution >= 0.6 is 0 Å². The number of hydrogen-bond donors (Lipinski definition) is 0. The van der Waals surface area contributed by atoms with E-state index >= 15 is 0 Å². The van der Waals surface area contributed by atoms with Crippen LogP contribution in [0.4, 0.5) is 13.2 Å². The third kappa shape index (κ3) is 2.56. The van der Waals surface area contributed by atoms with Crippen molar-refractivity contribution in [1.82, 2.24) is 0 Å². The third-order valence-corrected chi connectivity index (χ3v) is 1.10. The van der Waals surface area contributed by atoms with Gasteiger partial charge in [-0.25, -0.2) is 9.18 Å². The van der Waals surface area contributed by atoms with E-state index in [9.17, 15) is 18.0 Å². The SMILES string of the molecule is C=CCOC(=O)C(F)(F)C(C)F. The summed E-state index contributed by atoms with van der Waals surface area (Å²) in [5, 5.41) is 0. The summed E-state index contributed by atoms with van der Waals surface area (Å²) in [6.45, 7) is 3.39. The van der Waals surface area contributed by atoms with Gasteiger partial charge in [0.15, 0.2) is 6.17 Å². The fourth-order valence-corrected chi connectivity index (χ4v) is 0.393. The Hall–Kier alpha value is -1.00. The standard InChI is InChI=1S/C7H9F3O2/c1-3-4-12-6(11)7(9,10)5(2)8/h3,5H,1,4H2,2H3. The number of rotatable bonds is 4. The Morgan fingerprint density at radius 1 is 1.75 bits per heavy atom. The average Bonchev–Trinajstić information content (AvgIpc) is 1.99. The van der Waals surface area contributed by atoms with E-state index < -0.39 is 18.1 Å². The van der Waals surface area contributed by atoms with Crippen molar-refractivity contribution in [3.05, 3.63) is 12.7 Å². The van der Waals surface area contributed by atoms with Crippen LogP contribution < -0.4 is 0 Å². The number of ether oxygens (including phenoxy) is 1. The van der Waals surface area contributed by atoms with Crippen LogP contribution in [0.1, 0.15) is 6.92 Å². The van der Waals surface area contributed by atoms with Crippen LogP contribution in [-0.4, -0.2) is 24.7 Å². The van der Waals surface area contributed by atoms with Crippen molar-refractivity contribution in [2.24, 2.45) is 0 Å². The lowest BCUT2D eigenvalue weighted by Crippen LogP contribution is -2.38.